The maximum Gasteiger partial charge on any atom is 0.122 e. The van der Waals surface area contributed by atoms with Gasteiger partial charge in [0.2, 0.25) is 0 Å². The van der Waals surface area contributed by atoms with Gasteiger partial charge in [-0.2, -0.15) is 0 Å². The summed E-state index contributed by atoms with van der Waals surface area (Å²) in [4.78, 5) is 6.42. The van der Waals surface area contributed by atoms with E-state index in [1.54, 1.807) is 0 Å². The predicted molar refractivity (Wildman–Crippen MR) is 108 cm³/mol. The van der Waals surface area contributed by atoms with Gasteiger partial charge in [-0.3, -0.25) is 4.90 Å². The standard InChI is InChI=1S/C22H32N3O/c1-5-7-11-17-18(20-12-8-9-15-24-20)13-14-21(19(17)10-6-2)26-16-22(23)25(3)4/h8-9,12-14,22H,5-7,10-11,16,23H2,1-4H3. The number of aromatic nitrogens is 1. The lowest BCUT2D eigenvalue weighted by atomic mass is 9.91. The van der Waals surface area contributed by atoms with E-state index >= 15 is 0 Å². The van der Waals surface area contributed by atoms with E-state index in [4.69, 9.17) is 10.5 Å². The van der Waals surface area contributed by atoms with Gasteiger partial charge in [0.05, 0.1) is 18.1 Å². The third-order valence-corrected chi connectivity index (χ3v) is 4.63. The molecule has 0 saturated heterocycles. The van der Waals surface area contributed by atoms with Gasteiger partial charge in [0.1, 0.15) is 12.4 Å². The second-order valence-corrected chi connectivity index (χ2v) is 6.92. The minimum Gasteiger partial charge on any atom is -0.490 e. The third kappa shape index (κ3) is 5.29. The van der Waals surface area contributed by atoms with Gasteiger partial charge in [-0.1, -0.05) is 32.8 Å². The zero-order chi connectivity index (χ0) is 18.9. The van der Waals surface area contributed by atoms with Crippen molar-refractivity contribution in [2.45, 2.75) is 52.1 Å². The maximum absolute atomic E-state index is 6.13. The smallest absolute Gasteiger partial charge is 0.122 e. The number of hydrogen-bond donors (Lipinski definition) is 1. The summed E-state index contributed by atoms with van der Waals surface area (Å²) in [6.45, 7) is 4.91. The zero-order valence-electron chi connectivity index (χ0n) is 16.6. The lowest BCUT2D eigenvalue weighted by Crippen LogP contribution is -2.41. The normalized spacial score (nSPS) is 12.4. The molecule has 2 rings (SSSR count). The van der Waals surface area contributed by atoms with Crippen LogP contribution in [0.15, 0.2) is 30.3 Å². The fourth-order valence-electron chi connectivity index (χ4n) is 3.01. The molecule has 1 heterocycles. The first-order valence-corrected chi connectivity index (χ1v) is 9.61. The van der Waals surface area contributed by atoms with Crippen molar-refractivity contribution >= 4 is 0 Å². The number of hydrogen-bond acceptors (Lipinski definition) is 4. The van der Waals surface area contributed by atoms with Crippen molar-refractivity contribution in [3.05, 3.63) is 47.7 Å². The first kappa shape index (κ1) is 20.4. The SMILES string of the molecule is CCCCc1c(-c2ccc[c]n2)ccc(OCC(N)N(C)C)c1CCC. The summed E-state index contributed by atoms with van der Waals surface area (Å²) in [5, 5.41) is 0. The Bertz CT molecular complexity index is 671. The molecule has 1 unspecified atom stereocenters. The van der Waals surface area contributed by atoms with Crippen LogP contribution in [0.2, 0.25) is 0 Å². The Morgan fingerprint density at radius 3 is 2.54 bits per heavy atom. The average Bonchev–Trinajstić information content (AvgIpc) is 2.66. The number of nitrogens with two attached hydrogens (primary N) is 1. The van der Waals surface area contributed by atoms with Crippen LogP contribution in [-0.2, 0) is 12.8 Å². The monoisotopic (exact) mass is 354 g/mol. The van der Waals surface area contributed by atoms with E-state index in [2.05, 4.69) is 43.2 Å². The highest BCUT2D eigenvalue weighted by Crippen LogP contribution is 2.33. The van der Waals surface area contributed by atoms with E-state index < -0.39 is 0 Å². The number of unbranched alkanes of at least 4 members (excludes halogenated alkanes) is 1. The van der Waals surface area contributed by atoms with Crippen LogP contribution in [0.25, 0.3) is 11.3 Å². The van der Waals surface area contributed by atoms with Crippen LogP contribution in [0, 0.1) is 6.20 Å². The number of rotatable bonds is 10. The number of nitrogens with zero attached hydrogens (tertiary/aromatic N) is 2. The van der Waals surface area contributed by atoms with Crippen LogP contribution >= 0.6 is 0 Å². The molecule has 0 amide bonds. The highest BCUT2D eigenvalue weighted by atomic mass is 16.5. The number of pyridine rings is 1. The molecule has 2 aromatic rings. The van der Waals surface area contributed by atoms with Gasteiger partial charge in [0.15, 0.2) is 0 Å². The van der Waals surface area contributed by atoms with E-state index in [0.717, 1.165) is 43.5 Å². The number of ether oxygens (including phenoxy) is 1. The Labute approximate surface area is 158 Å². The second kappa shape index (κ2) is 10.3. The first-order chi connectivity index (χ1) is 12.6. The van der Waals surface area contributed by atoms with Crippen LogP contribution in [0.5, 0.6) is 5.75 Å². The molecule has 2 N–H and O–H groups in total. The molecule has 0 spiro atoms. The minimum absolute atomic E-state index is 0.117. The quantitative estimate of drug-likeness (QED) is 0.654. The van der Waals surface area contributed by atoms with Gasteiger partial charge >= 0.3 is 0 Å². The van der Waals surface area contributed by atoms with Crippen LogP contribution in [0.3, 0.4) is 0 Å². The van der Waals surface area contributed by atoms with Gasteiger partial charge < -0.3 is 10.5 Å². The molecule has 0 aliphatic heterocycles. The Kier molecular flexibility index (Phi) is 8.07. The molecule has 0 bridgehead atoms. The molecule has 4 nitrogen and oxygen atoms in total. The highest BCUT2D eigenvalue weighted by molar-refractivity contribution is 5.67. The van der Waals surface area contributed by atoms with E-state index in [1.165, 1.54) is 16.7 Å². The lowest BCUT2D eigenvalue weighted by molar-refractivity contribution is 0.188. The summed E-state index contributed by atoms with van der Waals surface area (Å²) in [7, 11) is 3.93. The summed E-state index contributed by atoms with van der Waals surface area (Å²) in [6.07, 6.45) is 8.27. The Morgan fingerprint density at radius 2 is 1.92 bits per heavy atom. The maximum atomic E-state index is 6.13. The third-order valence-electron chi connectivity index (χ3n) is 4.63. The summed E-state index contributed by atoms with van der Waals surface area (Å²) in [6, 6.07) is 10.1. The van der Waals surface area contributed by atoms with Crippen LogP contribution in [-0.4, -0.2) is 36.8 Å². The van der Waals surface area contributed by atoms with E-state index in [1.807, 2.05) is 31.1 Å². The van der Waals surface area contributed by atoms with Crippen LogP contribution < -0.4 is 10.5 Å². The highest BCUT2D eigenvalue weighted by Gasteiger charge is 2.16. The first-order valence-electron chi connectivity index (χ1n) is 9.61. The van der Waals surface area contributed by atoms with Crippen molar-refractivity contribution in [3.8, 4) is 17.0 Å². The molecule has 1 aromatic carbocycles. The Morgan fingerprint density at radius 1 is 1.12 bits per heavy atom. The molecule has 0 aliphatic carbocycles. The summed E-state index contributed by atoms with van der Waals surface area (Å²) >= 11 is 0. The number of benzene rings is 1. The summed E-state index contributed by atoms with van der Waals surface area (Å²) in [5.74, 6) is 0.957. The van der Waals surface area contributed by atoms with Crippen molar-refractivity contribution < 1.29 is 4.74 Å². The molecule has 1 atom stereocenters. The minimum atomic E-state index is -0.117. The van der Waals surface area contributed by atoms with E-state index in [0.29, 0.717) is 6.61 Å². The van der Waals surface area contributed by atoms with Crippen molar-refractivity contribution in [1.82, 2.24) is 9.88 Å². The van der Waals surface area contributed by atoms with Crippen molar-refractivity contribution in [2.75, 3.05) is 20.7 Å². The molecule has 26 heavy (non-hydrogen) atoms. The summed E-state index contributed by atoms with van der Waals surface area (Å²) < 4.78 is 6.13. The van der Waals surface area contributed by atoms with E-state index in [9.17, 15) is 0 Å². The van der Waals surface area contributed by atoms with Crippen molar-refractivity contribution in [2.24, 2.45) is 5.73 Å². The molecular weight excluding hydrogens is 322 g/mol. The average molecular weight is 355 g/mol. The fraction of sp³-hybridized carbons (Fsp3) is 0.500. The molecule has 141 valence electrons. The molecule has 1 aromatic heterocycles. The Hall–Kier alpha value is -1.91. The van der Waals surface area contributed by atoms with E-state index in [-0.39, 0.29) is 6.17 Å². The van der Waals surface area contributed by atoms with Gasteiger partial charge in [0.25, 0.3) is 0 Å². The number of likely N-dealkylation sites (N-methyl/N-ethyl adjacent to an activating group) is 1. The lowest BCUT2D eigenvalue weighted by Gasteiger charge is -2.23. The van der Waals surface area contributed by atoms with Crippen molar-refractivity contribution in [1.29, 1.82) is 0 Å². The molecular formula is C22H32N3O. The molecule has 0 fully saturated rings. The zero-order valence-corrected chi connectivity index (χ0v) is 16.6. The van der Waals surface area contributed by atoms with Crippen LogP contribution in [0.4, 0.5) is 0 Å². The van der Waals surface area contributed by atoms with Gasteiger partial charge in [-0.15, -0.1) is 0 Å². The molecule has 0 saturated carbocycles. The van der Waals surface area contributed by atoms with Gasteiger partial charge in [-0.25, -0.2) is 4.98 Å². The molecule has 0 aliphatic rings. The molecule has 1 radical (unpaired) electrons. The van der Waals surface area contributed by atoms with Crippen molar-refractivity contribution in [3.63, 3.8) is 0 Å². The van der Waals surface area contributed by atoms with Gasteiger partial charge in [-0.05, 0) is 68.8 Å². The largest absolute Gasteiger partial charge is 0.490 e. The van der Waals surface area contributed by atoms with Crippen LogP contribution in [0.1, 0.15) is 44.2 Å². The Balaban J connectivity index is 2.43. The van der Waals surface area contributed by atoms with Gasteiger partial charge in [0, 0.05) is 5.56 Å². The topological polar surface area (TPSA) is 51.4 Å². The fourth-order valence-corrected chi connectivity index (χ4v) is 3.01. The predicted octanol–water partition coefficient (Wildman–Crippen LogP) is 4.07. The second-order valence-electron chi connectivity index (χ2n) is 6.92. The summed E-state index contributed by atoms with van der Waals surface area (Å²) in [5.41, 5.74) is 10.9. The molecule has 4 heteroatoms.